The second-order valence-corrected chi connectivity index (χ2v) is 15.3. The summed E-state index contributed by atoms with van der Waals surface area (Å²) in [4.78, 5) is 2.14. The molecule has 4 rings (SSSR count). The Balaban J connectivity index is 1.74. The van der Waals surface area contributed by atoms with Gasteiger partial charge in [0.15, 0.2) is 5.71 Å². The van der Waals surface area contributed by atoms with E-state index in [4.69, 9.17) is 0 Å². The zero-order chi connectivity index (χ0) is 30.4. The average Bonchev–Trinajstić information content (AvgIpc) is 3.16. The Labute approximate surface area is 244 Å². The summed E-state index contributed by atoms with van der Waals surface area (Å²) in [7, 11) is -8.12. The van der Waals surface area contributed by atoms with Crippen LogP contribution in [-0.2, 0) is 31.1 Å². The monoisotopic (exact) mass is 601 g/mol. The van der Waals surface area contributed by atoms with Crippen LogP contribution >= 0.6 is 0 Å². The number of hydrogen-bond acceptors (Lipinski definition) is 5. The van der Waals surface area contributed by atoms with Crippen LogP contribution in [0.2, 0.25) is 0 Å². The molecule has 0 spiro atoms. The lowest BCUT2D eigenvalue weighted by Gasteiger charge is -2.27. The maximum atomic E-state index is 11.4. The third-order valence-electron chi connectivity index (χ3n) is 8.17. The molecule has 10 heteroatoms. The quantitative estimate of drug-likeness (QED) is 0.274. The van der Waals surface area contributed by atoms with E-state index in [2.05, 4.69) is 87.4 Å². The highest BCUT2D eigenvalue weighted by Gasteiger charge is 2.44. The summed E-state index contributed by atoms with van der Waals surface area (Å²) in [6, 6.07) is 12.6. The molecule has 0 fully saturated rings. The highest BCUT2D eigenvalue weighted by Crippen LogP contribution is 2.48. The van der Waals surface area contributed by atoms with E-state index < -0.39 is 20.2 Å². The SMILES string of the molecule is Cc1ccc2c(c1)C(C)(C)C(=CC=CC1=[N+](CCCS(=O)(=O)O)c3ccc(C)cc3C1(C)C)N2CCCS(=O)(=O)O. The maximum absolute atomic E-state index is 11.4. The summed E-state index contributed by atoms with van der Waals surface area (Å²) in [6.07, 6.45) is 6.71. The van der Waals surface area contributed by atoms with Gasteiger partial charge >= 0.3 is 0 Å². The van der Waals surface area contributed by atoms with Gasteiger partial charge in [0.2, 0.25) is 5.69 Å². The molecule has 0 saturated heterocycles. The molecule has 0 aromatic heterocycles. The molecule has 0 unspecified atom stereocenters. The van der Waals surface area contributed by atoms with Gasteiger partial charge in [-0.05, 0) is 57.9 Å². The topological polar surface area (TPSA) is 115 Å². The second kappa shape index (κ2) is 11.1. The average molecular weight is 602 g/mol. The van der Waals surface area contributed by atoms with Gasteiger partial charge < -0.3 is 4.90 Å². The molecule has 0 saturated carbocycles. The van der Waals surface area contributed by atoms with Crippen molar-refractivity contribution in [3.63, 3.8) is 0 Å². The van der Waals surface area contributed by atoms with Crippen molar-refractivity contribution < 1.29 is 30.5 Å². The smallest absolute Gasteiger partial charge is 0.265 e. The number of aryl methyl sites for hydroxylation is 2. The number of allylic oxidation sites excluding steroid dienone is 4. The van der Waals surface area contributed by atoms with Gasteiger partial charge in [0, 0.05) is 47.5 Å². The van der Waals surface area contributed by atoms with Crippen molar-refractivity contribution >= 4 is 37.3 Å². The van der Waals surface area contributed by atoms with Crippen LogP contribution < -0.4 is 4.90 Å². The number of rotatable bonds is 10. The first kappa shape index (κ1) is 31.2. The third kappa shape index (κ3) is 6.66. The van der Waals surface area contributed by atoms with Crippen LogP contribution in [0.25, 0.3) is 0 Å². The first-order chi connectivity index (χ1) is 18.9. The minimum absolute atomic E-state index is 0.282. The fraction of sp³-hybridized carbons (Fsp3) is 0.452. The number of nitrogens with zero attached hydrogens (tertiary/aromatic N) is 2. The molecule has 8 nitrogen and oxygen atoms in total. The number of benzene rings is 2. The molecule has 2 aromatic rings. The van der Waals surface area contributed by atoms with Crippen LogP contribution in [-0.4, -0.2) is 60.8 Å². The minimum atomic E-state index is -4.06. The van der Waals surface area contributed by atoms with Crippen LogP contribution in [0.3, 0.4) is 0 Å². The second-order valence-electron chi connectivity index (χ2n) is 12.2. The first-order valence-corrected chi connectivity index (χ1v) is 17.1. The number of hydrogen-bond donors (Lipinski definition) is 2. The molecule has 2 aromatic carbocycles. The molecule has 0 radical (unpaired) electrons. The molecule has 41 heavy (non-hydrogen) atoms. The summed E-state index contributed by atoms with van der Waals surface area (Å²) < 4.78 is 66.4. The Hall–Kier alpha value is -2.79. The molecule has 222 valence electrons. The molecule has 0 amide bonds. The zero-order valence-corrected chi connectivity index (χ0v) is 26.3. The van der Waals surface area contributed by atoms with Crippen molar-refractivity contribution in [2.24, 2.45) is 0 Å². The van der Waals surface area contributed by atoms with E-state index >= 15 is 0 Å². The maximum Gasteiger partial charge on any atom is 0.265 e. The van der Waals surface area contributed by atoms with E-state index in [1.165, 1.54) is 0 Å². The minimum Gasteiger partial charge on any atom is -0.344 e. The molecule has 2 heterocycles. The zero-order valence-electron chi connectivity index (χ0n) is 24.7. The molecule has 0 aliphatic carbocycles. The predicted octanol–water partition coefficient (Wildman–Crippen LogP) is 5.47. The number of anilines is 1. The standard InChI is InChI=1S/C31H40N2O6S2/c1-22-12-14-26-24(20-22)30(3,4)28(32(26)16-8-18-40(34,35)36)10-7-11-29-31(5,6)25-21-23(2)13-15-27(25)33(29)17-9-19-41(37,38)39/h7,10-15,20-21H,8-9,16-19H2,1-6H3,(H-,34,35,36,37,38,39)/p+1. The lowest BCUT2D eigenvalue weighted by molar-refractivity contribution is -0.437. The predicted molar refractivity (Wildman–Crippen MR) is 165 cm³/mol. The Kier molecular flexibility index (Phi) is 8.46. The Morgan fingerprint density at radius 3 is 2.05 bits per heavy atom. The van der Waals surface area contributed by atoms with Crippen LogP contribution in [0.15, 0.2) is 60.3 Å². The van der Waals surface area contributed by atoms with Gasteiger partial charge in [-0.2, -0.15) is 21.4 Å². The molecule has 2 aliphatic rings. The van der Waals surface area contributed by atoms with E-state index in [0.717, 1.165) is 45.0 Å². The van der Waals surface area contributed by atoms with Gasteiger partial charge in [0.25, 0.3) is 20.2 Å². The lowest BCUT2D eigenvalue weighted by atomic mass is 9.80. The van der Waals surface area contributed by atoms with Crippen molar-refractivity contribution in [1.29, 1.82) is 0 Å². The summed E-state index contributed by atoms with van der Waals surface area (Å²) in [5, 5.41) is 0. The fourth-order valence-electron chi connectivity index (χ4n) is 6.10. The van der Waals surface area contributed by atoms with Gasteiger partial charge in [-0.1, -0.05) is 49.2 Å². The van der Waals surface area contributed by atoms with E-state index in [9.17, 15) is 25.9 Å². The molecule has 2 aliphatic heterocycles. The summed E-state index contributed by atoms with van der Waals surface area (Å²) in [6.45, 7) is 13.6. The lowest BCUT2D eigenvalue weighted by Crippen LogP contribution is -2.29. The Morgan fingerprint density at radius 2 is 1.41 bits per heavy atom. The highest BCUT2D eigenvalue weighted by molar-refractivity contribution is 7.86. The highest BCUT2D eigenvalue weighted by atomic mass is 32.2. The van der Waals surface area contributed by atoms with E-state index in [1.54, 1.807) is 0 Å². The van der Waals surface area contributed by atoms with Crippen molar-refractivity contribution in [3.8, 4) is 0 Å². The van der Waals surface area contributed by atoms with Crippen LogP contribution in [0.5, 0.6) is 0 Å². The van der Waals surface area contributed by atoms with E-state index in [-0.39, 0.29) is 35.2 Å². The molecule has 0 bridgehead atoms. The van der Waals surface area contributed by atoms with Gasteiger partial charge in [-0.25, -0.2) is 0 Å². The van der Waals surface area contributed by atoms with Crippen LogP contribution in [0.4, 0.5) is 11.4 Å². The molecular formula is C31H41N2O6S2+. The van der Waals surface area contributed by atoms with Crippen molar-refractivity contribution in [1.82, 2.24) is 0 Å². The van der Waals surface area contributed by atoms with Gasteiger partial charge in [0.1, 0.15) is 6.54 Å². The first-order valence-electron chi connectivity index (χ1n) is 13.9. The van der Waals surface area contributed by atoms with Crippen molar-refractivity contribution in [2.45, 2.75) is 65.2 Å². The van der Waals surface area contributed by atoms with Gasteiger partial charge in [0.05, 0.1) is 16.9 Å². The Morgan fingerprint density at radius 1 is 0.829 bits per heavy atom. The number of fused-ring (bicyclic) bond motifs is 2. The summed E-state index contributed by atoms with van der Waals surface area (Å²) >= 11 is 0. The van der Waals surface area contributed by atoms with Crippen molar-refractivity contribution in [2.75, 3.05) is 29.5 Å². The van der Waals surface area contributed by atoms with Gasteiger partial charge in [-0.3, -0.25) is 9.11 Å². The van der Waals surface area contributed by atoms with Gasteiger partial charge in [-0.15, -0.1) is 0 Å². The molecular weight excluding hydrogens is 560 g/mol. The Bertz CT molecular complexity index is 1670. The third-order valence-corrected chi connectivity index (χ3v) is 9.78. The van der Waals surface area contributed by atoms with E-state index in [1.807, 2.05) is 18.2 Å². The van der Waals surface area contributed by atoms with Crippen LogP contribution in [0, 0.1) is 13.8 Å². The normalized spacial score (nSPS) is 18.9. The fourth-order valence-corrected chi connectivity index (χ4v) is 7.09. The molecule has 0 atom stereocenters. The van der Waals surface area contributed by atoms with Crippen LogP contribution in [0.1, 0.15) is 62.8 Å². The molecule has 2 N–H and O–H groups in total. The summed E-state index contributed by atoms with van der Waals surface area (Å²) in [5.41, 5.74) is 8.02. The van der Waals surface area contributed by atoms with Crippen molar-refractivity contribution in [3.05, 3.63) is 82.6 Å². The van der Waals surface area contributed by atoms with E-state index in [0.29, 0.717) is 13.1 Å². The largest absolute Gasteiger partial charge is 0.344 e. The summed E-state index contributed by atoms with van der Waals surface area (Å²) in [5.74, 6) is -0.618.